The molecular weight excluding hydrogens is 548 g/mol. The first kappa shape index (κ1) is 24.6. The molecule has 0 fully saturated rings. The number of aromatic nitrogens is 2. The van der Waals surface area contributed by atoms with Crippen molar-refractivity contribution in [2.24, 2.45) is 0 Å². The Morgan fingerprint density at radius 1 is 1.15 bits per heavy atom. The van der Waals surface area contributed by atoms with Crippen LogP contribution in [0.2, 0.25) is 19.4 Å². The van der Waals surface area contributed by atoms with Gasteiger partial charge in [-0.25, -0.2) is 13.1 Å². The number of fused-ring (bicyclic) bond motifs is 1. The Hall–Kier alpha value is -1.55. The van der Waals surface area contributed by atoms with Crippen LogP contribution >= 0.6 is 57.7 Å². The number of nitrogens with one attached hydrogen (secondary N) is 1. The van der Waals surface area contributed by atoms with Crippen molar-refractivity contribution in [2.45, 2.75) is 36.4 Å². The molecule has 0 unspecified atom stereocenters. The fourth-order valence-corrected chi connectivity index (χ4v) is 6.96. The lowest BCUT2D eigenvalue weighted by Crippen LogP contribution is -2.29. The van der Waals surface area contributed by atoms with Crippen LogP contribution in [0.3, 0.4) is 0 Å². The van der Waals surface area contributed by atoms with Crippen LogP contribution in [0.1, 0.15) is 36.1 Å². The van der Waals surface area contributed by atoms with Gasteiger partial charge in [-0.2, -0.15) is 5.10 Å². The third-order valence-electron chi connectivity index (χ3n) is 5.12. The average molecular weight is 565 g/mol. The second-order valence-corrected chi connectivity index (χ2v) is 12.2. The van der Waals surface area contributed by atoms with Gasteiger partial charge in [0, 0.05) is 16.5 Å². The molecule has 0 bridgehead atoms. The highest BCUT2D eigenvalue weighted by Crippen LogP contribution is 2.35. The molecule has 33 heavy (non-hydrogen) atoms. The molecular formula is C21H17Cl4N3O3S2. The smallest absolute Gasteiger partial charge is 0.273 e. The Morgan fingerprint density at radius 2 is 1.94 bits per heavy atom. The Labute approximate surface area is 215 Å². The molecule has 174 valence electrons. The maximum atomic E-state index is 12.4. The van der Waals surface area contributed by atoms with Gasteiger partial charge in [-0.15, -0.1) is 11.3 Å². The normalized spacial score (nSPS) is 15.0. The number of halogens is 4. The van der Waals surface area contributed by atoms with Crippen LogP contribution in [0.5, 0.6) is 0 Å². The zero-order valence-electron chi connectivity index (χ0n) is 16.9. The highest BCUT2D eigenvalue weighted by atomic mass is 35.5. The third-order valence-corrected chi connectivity index (χ3v) is 9.42. The van der Waals surface area contributed by atoms with Gasteiger partial charge < -0.3 is 0 Å². The molecule has 0 saturated heterocycles. The summed E-state index contributed by atoms with van der Waals surface area (Å²) in [5, 5.41) is 5.74. The highest BCUT2D eigenvalue weighted by Gasteiger charge is 2.23. The maximum absolute atomic E-state index is 12.4. The van der Waals surface area contributed by atoms with Gasteiger partial charge >= 0.3 is 0 Å². The van der Waals surface area contributed by atoms with Gasteiger partial charge in [-0.3, -0.25) is 9.48 Å². The van der Waals surface area contributed by atoms with Crippen molar-refractivity contribution in [2.75, 3.05) is 0 Å². The van der Waals surface area contributed by atoms with Gasteiger partial charge in [-0.1, -0.05) is 58.5 Å². The van der Waals surface area contributed by atoms with Gasteiger partial charge in [0.2, 0.25) is 5.91 Å². The minimum Gasteiger partial charge on any atom is -0.274 e. The highest BCUT2D eigenvalue weighted by molar-refractivity contribution is 7.92. The molecule has 0 radical (unpaired) electrons. The molecule has 1 aliphatic carbocycles. The second kappa shape index (κ2) is 9.98. The molecule has 0 saturated carbocycles. The van der Waals surface area contributed by atoms with E-state index < -0.39 is 15.9 Å². The summed E-state index contributed by atoms with van der Waals surface area (Å²) in [6, 6.07) is 6.53. The summed E-state index contributed by atoms with van der Waals surface area (Å²) < 4.78 is 28.8. The zero-order chi connectivity index (χ0) is 23.8. The minimum atomic E-state index is -4.04. The van der Waals surface area contributed by atoms with Crippen molar-refractivity contribution >= 4 is 79.2 Å². The molecule has 0 aliphatic heterocycles. The molecule has 6 nitrogen and oxygen atoms in total. The molecule has 1 amide bonds. The summed E-state index contributed by atoms with van der Waals surface area (Å²) >= 11 is 24.8. The number of nitrogens with zero attached hydrogens (tertiary/aromatic N) is 2. The summed E-state index contributed by atoms with van der Waals surface area (Å²) in [4.78, 5) is 12.4. The van der Waals surface area contributed by atoms with Crippen LogP contribution in [-0.2, 0) is 27.8 Å². The summed E-state index contributed by atoms with van der Waals surface area (Å²) in [7, 11) is -4.04. The minimum absolute atomic E-state index is 0.103. The van der Waals surface area contributed by atoms with Crippen molar-refractivity contribution in [1.82, 2.24) is 14.5 Å². The molecule has 2 aromatic heterocycles. The number of hydrogen-bond acceptors (Lipinski definition) is 5. The number of aryl methyl sites for hydroxylation is 1. The van der Waals surface area contributed by atoms with Crippen LogP contribution in [0.4, 0.5) is 0 Å². The fourth-order valence-electron chi connectivity index (χ4n) is 3.61. The number of benzene rings is 1. The van der Waals surface area contributed by atoms with Crippen molar-refractivity contribution in [1.29, 1.82) is 0 Å². The first-order valence-electron chi connectivity index (χ1n) is 9.82. The number of rotatable bonds is 6. The average Bonchev–Trinajstić information content (AvgIpc) is 3.32. The number of hydrogen-bond donors (Lipinski definition) is 1. The van der Waals surface area contributed by atoms with E-state index >= 15 is 0 Å². The fraction of sp³-hybridized carbons (Fsp3) is 0.238. The predicted octanol–water partition coefficient (Wildman–Crippen LogP) is 6.22. The van der Waals surface area contributed by atoms with E-state index in [1.54, 1.807) is 18.2 Å². The van der Waals surface area contributed by atoms with E-state index in [0.717, 1.165) is 53.0 Å². The van der Waals surface area contributed by atoms with E-state index in [-0.39, 0.29) is 20.0 Å². The summed E-state index contributed by atoms with van der Waals surface area (Å²) in [6.45, 7) is 0.448. The van der Waals surface area contributed by atoms with Gasteiger partial charge in [0.15, 0.2) is 0 Å². The van der Waals surface area contributed by atoms with Crippen LogP contribution in [0, 0.1) is 0 Å². The van der Waals surface area contributed by atoms with Crippen molar-refractivity contribution in [3.8, 4) is 0 Å². The number of carbonyl (C=O) groups is 1. The van der Waals surface area contributed by atoms with E-state index in [9.17, 15) is 13.2 Å². The lowest BCUT2D eigenvalue weighted by molar-refractivity contribution is -0.118. The van der Waals surface area contributed by atoms with Crippen molar-refractivity contribution in [3.05, 3.63) is 72.8 Å². The van der Waals surface area contributed by atoms with Gasteiger partial charge in [-0.05, 0) is 54.2 Å². The van der Waals surface area contributed by atoms with E-state index in [2.05, 4.69) is 9.82 Å². The molecule has 1 N–H and O–H groups in total. The molecule has 12 heteroatoms. The predicted molar refractivity (Wildman–Crippen MR) is 133 cm³/mol. The molecule has 4 rings (SSSR count). The van der Waals surface area contributed by atoms with Crippen LogP contribution in [0.15, 0.2) is 40.7 Å². The number of sulfonamides is 1. The number of amides is 1. The zero-order valence-corrected chi connectivity index (χ0v) is 21.6. The van der Waals surface area contributed by atoms with Gasteiger partial charge in [0.25, 0.3) is 10.0 Å². The molecule has 1 aliphatic rings. The Balaban J connectivity index is 1.52. The summed E-state index contributed by atoms with van der Waals surface area (Å²) in [6.07, 6.45) is 6.01. The quantitative estimate of drug-likeness (QED) is 0.385. The molecule has 0 atom stereocenters. The molecule has 0 spiro atoms. The van der Waals surface area contributed by atoms with E-state index in [1.807, 2.05) is 16.9 Å². The molecule has 1 aromatic carbocycles. The summed E-state index contributed by atoms with van der Waals surface area (Å²) in [5.41, 5.74) is 3.82. The first-order valence-corrected chi connectivity index (χ1v) is 13.6. The van der Waals surface area contributed by atoms with Crippen LogP contribution < -0.4 is 4.72 Å². The van der Waals surface area contributed by atoms with E-state index in [1.165, 1.54) is 6.07 Å². The van der Waals surface area contributed by atoms with Crippen molar-refractivity contribution < 1.29 is 13.2 Å². The maximum Gasteiger partial charge on any atom is 0.273 e. The van der Waals surface area contributed by atoms with Crippen LogP contribution in [0.25, 0.3) is 5.57 Å². The van der Waals surface area contributed by atoms with Crippen LogP contribution in [-0.4, -0.2) is 24.1 Å². The lowest BCUT2D eigenvalue weighted by Gasteiger charge is -2.18. The largest absolute Gasteiger partial charge is 0.274 e. The monoisotopic (exact) mass is 563 g/mol. The third kappa shape index (κ3) is 5.58. The SMILES string of the molecule is O=C(C/C=C1\CCCc2cnn(Cc3ccc(Cl)cc3Cl)c21)NS(=O)(=O)c1cc(Cl)c(Cl)s1. The second-order valence-electron chi connectivity index (χ2n) is 7.41. The topological polar surface area (TPSA) is 81.1 Å². The number of allylic oxidation sites excluding steroid dienone is 1. The molecule has 2 heterocycles. The Kier molecular flexibility index (Phi) is 7.43. The van der Waals surface area contributed by atoms with Gasteiger partial charge in [0.1, 0.15) is 8.55 Å². The number of carbonyl (C=O) groups excluding carboxylic acids is 1. The number of thiophene rings is 1. The molecule has 3 aromatic rings. The lowest BCUT2D eigenvalue weighted by atomic mass is 9.92. The first-order chi connectivity index (χ1) is 15.6. The van der Waals surface area contributed by atoms with E-state index in [4.69, 9.17) is 46.4 Å². The Bertz CT molecular complexity index is 1340. The Morgan fingerprint density at radius 3 is 2.64 bits per heavy atom. The van der Waals surface area contributed by atoms with Gasteiger partial charge in [0.05, 0.1) is 23.5 Å². The van der Waals surface area contributed by atoms with Crippen molar-refractivity contribution in [3.63, 3.8) is 0 Å². The summed E-state index contributed by atoms with van der Waals surface area (Å²) in [5.74, 6) is -0.651. The standard InChI is InChI=1S/C21H17Cl4N3O3S2/c22-15-6-4-14(16(23)8-15)11-28-20-12(2-1-3-13(20)10-26-28)5-7-18(29)27-33(30,31)19-9-17(24)21(25)32-19/h4-6,8-10H,1-3,7,11H2,(H,27,29)/b12-5+. The van der Waals surface area contributed by atoms with E-state index in [0.29, 0.717) is 16.6 Å².